The van der Waals surface area contributed by atoms with Gasteiger partial charge in [0.1, 0.15) is 0 Å². The molecule has 0 aliphatic carbocycles. The van der Waals surface area contributed by atoms with Crippen molar-refractivity contribution in [2.45, 2.75) is 19.4 Å². The van der Waals surface area contributed by atoms with E-state index in [0.717, 1.165) is 36.6 Å². The molecule has 3 rings (SSSR count). The number of carbonyl (C=O) groups is 1. The molecule has 1 amide bonds. The molecule has 0 unspecified atom stereocenters. The van der Waals surface area contributed by atoms with Crippen molar-refractivity contribution in [2.24, 2.45) is 0 Å². The van der Waals surface area contributed by atoms with Crippen LogP contribution in [0.3, 0.4) is 0 Å². The van der Waals surface area contributed by atoms with Crippen LogP contribution in [-0.2, 0) is 17.8 Å². The Labute approximate surface area is 141 Å². The van der Waals surface area contributed by atoms with Crippen LogP contribution >= 0.6 is 11.8 Å². The second-order valence-electron chi connectivity index (χ2n) is 5.76. The number of thioether (sulfide) groups is 1. The van der Waals surface area contributed by atoms with Crippen LogP contribution in [0.1, 0.15) is 17.7 Å². The van der Waals surface area contributed by atoms with E-state index in [1.54, 1.807) is 23.0 Å². The molecule has 1 aliphatic rings. The van der Waals surface area contributed by atoms with Crippen LogP contribution in [0.4, 0.5) is 11.4 Å². The van der Waals surface area contributed by atoms with Crippen LogP contribution in [0.25, 0.3) is 0 Å². The summed E-state index contributed by atoms with van der Waals surface area (Å²) in [4.78, 5) is 23.6. The van der Waals surface area contributed by atoms with Crippen LogP contribution in [0.15, 0.2) is 30.7 Å². The van der Waals surface area contributed by atoms with Crippen molar-refractivity contribution >= 4 is 29.0 Å². The third kappa shape index (κ3) is 3.52. The lowest BCUT2D eigenvalue weighted by Crippen LogP contribution is -2.27. The molecule has 122 valence electrons. The number of nitrogens with one attached hydrogen (secondary N) is 1. The van der Waals surface area contributed by atoms with Crippen molar-refractivity contribution in [3.05, 3.63) is 42.0 Å². The minimum atomic E-state index is 0.164. The first-order valence-electron chi connectivity index (χ1n) is 7.79. The van der Waals surface area contributed by atoms with Crippen molar-refractivity contribution in [1.29, 1.82) is 0 Å². The number of imidazole rings is 1. The van der Waals surface area contributed by atoms with E-state index in [2.05, 4.69) is 33.1 Å². The average Bonchev–Trinajstić information content (AvgIpc) is 3.22. The molecule has 0 radical (unpaired) electrons. The smallest absolute Gasteiger partial charge is 0.227 e. The summed E-state index contributed by atoms with van der Waals surface area (Å²) in [5.74, 6) is 1.03. The van der Waals surface area contributed by atoms with Gasteiger partial charge in [0, 0.05) is 43.3 Å². The van der Waals surface area contributed by atoms with Crippen molar-refractivity contribution in [2.75, 3.05) is 35.4 Å². The molecule has 1 aromatic heterocycles. The SMILES string of the molecule is CSCCC(=O)N(C)c1ccc2c(c1)N(Cc1cnc[nH]1)CC2. The number of H-pyrrole nitrogens is 1. The molecule has 6 heteroatoms. The average molecular weight is 330 g/mol. The summed E-state index contributed by atoms with van der Waals surface area (Å²) < 4.78 is 0. The zero-order chi connectivity index (χ0) is 16.2. The van der Waals surface area contributed by atoms with Crippen LogP contribution in [-0.4, -0.2) is 41.5 Å². The number of hydrogen-bond acceptors (Lipinski definition) is 4. The first-order valence-corrected chi connectivity index (χ1v) is 9.19. The number of carbonyl (C=O) groups excluding carboxylic acids is 1. The highest BCUT2D eigenvalue weighted by Gasteiger charge is 2.21. The Balaban J connectivity index is 1.76. The number of fused-ring (bicyclic) bond motifs is 1. The van der Waals surface area contributed by atoms with Gasteiger partial charge in [-0.25, -0.2) is 4.98 Å². The summed E-state index contributed by atoms with van der Waals surface area (Å²) >= 11 is 1.70. The zero-order valence-electron chi connectivity index (χ0n) is 13.6. The Hall–Kier alpha value is -1.95. The molecule has 0 bridgehead atoms. The lowest BCUT2D eigenvalue weighted by atomic mass is 10.1. The molecule has 1 N–H and O–H groups in total. The lowest BCUT2D eigenvalue weighted by Gasteiger charge is -2.22. The maximum Gasteiger partial charge on any atom is 0.227 e. The highest BCUT2D eigenvalue weighted by molar-refractivity contribution is 7.98. The second-order valence-corrected chi connectivity index (χ2v) is 6.74. The summed E-state index contributed by atoms with van der Waals surface area (Å²) in [5, 5.41) is 0. The van der Waals surface area contributed by atoms with Gasteiger partial charge in [-0.15, -0.1) is 0 Å². The fourth-order valence-corrected chi connectivity index (χ4v) is 3.26. The lowest BCUT2D eigenvalue weighted by molar-refractivity contribution is -0.117. The molecular weight excluding hydrogens is 308 g/mol. The number of aromatic nitrogens is 2. The standard InChI is InChI=1S/C17H22N4OS/c1-20(17(22)6-8-23-2)15-4-3-13-5-7-21(16(13)9-15)11-14-10-18-12-19-14/h3-4,9-10,12H,5-8,11H2,1-2H3,(H,18,19). The number of hydrogen-bond donors (Lipinski definition) is 1. The van der Waals surface area contributed by atoms with Gasteiger partial charge in [0.15, 0.2) is 0 Å². The van der Waals surface area contributed by atoms with E-state index in [1.807, 2.05) is 19.5 Å². The maximum absolute atomic E-state index is 12.2. The Kier molecular flexibility index (Phi) is 4.91. The highest BCUT2D eigenvalue weighted by atomic mass is 32.2. The summed E-state index contributed by atoms with van der Waals surface area (Å²) in [5.41, 5.74) is 4.64. The predicted octanol–water partition coefficient (Wildman–Crippen LogP) is 2.69. The maximum atomic E-state index is 12.2. The Morgan fingerprint density at radius 1 is 1.48 bits per heavy atom. The van der Waals surface area contributed by atoms with Gasteiger partial charge >= 0.3 is 0 Å². The third-order valence-electron chi connectivity index (χ3n) is 4.26. The van der Waals surface area contributed by atoms with E-state index in [0.29, 0.717) is 6.42 Å². The molecule has 1 aliphatic heterocycles. The number of benzene rings is 1. The van der Waals surface area contributed by atoms with Crippen LogP contribution in [0.5, 0.6) is 0 Å². The normalized spacial score (nSPS) is 13.2. The molecule has 2 aromatic rings. The van der Waals surface area contributed by atoms with E-state index in [1.165, 1.54) is 11.3 Å². The Morgan fingerprint density at radius 2 is 2.35 bits per heavy atom. The van der Waals surface area contributed by atoms with Crippen molar-refractivity contribution in [3.8, 4) is 0 Å². The molecule has 5 nitrogen and oxygen atoms in total. The number of rotatable bonds is 6. The first-order chi connectivity index (χ1) is 11.2. The quantitative estimate of drug-likeness (QED) is 0.885. The summed E-state index contributed by atoms with van der Waals surface area (Å²) in [6.07, 6.45) is 7.22. The number of anilines is 2. The van der Waals surface area contributed by atoms with Gasteiger partial charge in [-0.2, -0.15) is 11.8 Å². The van der Waals surface area contributed by atoms with Gasteiger partial charge in [-0.3, -0.25) is 4.79 Å². The van der Waals surface area contributed by atoms with Gasteiger partial charge in [0.05, 0.1) is 18.6 Å². The second kappa shape index (κ2) is 7.08. The Bertz CT molecular complexity index is 671. The van der Waals surface area contributed by atoms with Crippen LogP contribution < -0.4 is 9.80 Å². The zero-order valence-corrected chi connectivity index (χ0v) is 14.4. The molecule has 0 saturated heterocycles. The molecule has 0 atom stereocenters. The van der Waals surface area contributed by atoms with Gasteiger partial charge in [0.2, 0.25) is 5.91 Å². The topological polar surface area (TPSA) is 52.2 Å². The summed E-state index contributed by atoms with van der Waals surface area (Å²) in [7, 11) is 1.86. The van der Waals surface area contributed by atoms with Gasteiger partial charge in [-0.05, 0) is 30.4 Å². The van der Waals surface area contributed by atoms with Gasteiger partial charge in [-0.1, -0.05) is 6.07 Å². The van der Waals surface area contributed by atoms with Gasteiger partial charge in [0.25, 0.3) is 0 Å². The Morgan fingerprint density at radius 3 is 3.09 bits per heavy atom. The molecule has 0 spiro atoms. The van der Waals surface area contributed by atoms with E-state index in [4.69, 9.17) is 0 Å². The van der Waals surface area contributed by atoms with Crippen LogP contribution in [0.2, 0.25) is 0 Å². The molecule has 2 heterocycles. The van der Waals surface area contributed by atoms with E-state index in [9.17, 15) is 4.79 Å². The molecule has 0 saturated carbocycles. The van der Waals surface area contributed by atoms with Crippen molar-refractivity contribution in [3.63, 3.8) is 0 Å². The summed E-state index contributed by atoms with van der Waals surface area (Å²) in [6, 6.07) is 6.33. The van der Waals surface area contributed by atoms with Gasteiger partial charge < -0.3 is 14.8 Å². The van der Waals surface area contributed by atoms with Crippen molar-refractivity contribution in [1.82, 2.24) is 9.97 Å². The van der Waals surface area contributed by atoms with Crippen molar-refractivity contribution < 1.29 is 4.79 Å². The molecule has 23 heavy (non-hydrogen) atoms. The van der Waals surface area contributed by atoms with E-state index in [-0.39, 0.29) is 5.91 Å². The van der Waals surface area contributed by atoms with E-state index < -0.39 is 0 Å². The molecule has 1 aromatic carbocycles. The van der Waals surface area contributed by atoms with Crippen LogP contribution in [0, 0.1) is 0 Å². The van der Waals surface area contributed by atoms with E-state index >= 15 is 0 Å². The molecule has 0 fully saturated rings. The number of amides is 1. The summed E-state index contributed by atoms with van der Waals surface area (Å²) in [6.45, 7) is 1.82. The minimum Gasteiger partial charge on any atom is -0.365 e. The minimum absolute atomic E-state index is 0.164. The number of nitrogens with zero attached hydrogens (tertiary/aromatic N) is 3. The molecular formula is C17H22N4OS. The monoisotopic (exact) mass is 330 g/mol. The number of aromatic amines is 1. The third-order valence-corrected chi connectivity index (χ3v) is 4.87. The highest BCUT2D eigenvalue weighted by Crippen LogP contribution is 2.33. The largest absolute Gasteiger partial charge is 0.365 e. The first kappa shape index (κ1) is 15.9. The fraction of sp³-hybridized carbons (Fsp3) is 0.412. The fourth-order valence-electron chi connectivity index (χ4n) is 2.88. The predicted molar refractivity (Wildman–Crippen MR) is 96.2 cm³/mol.